The number of nitrogens with one attached hydrogen (secondary N) is 1. The summed E-state index contributed by atoms with van der Waals surface area (Å²) in [6.07, 6.45) is 1.81. The van der Waals surface area contributed by atoms with Gasteiger partial charge in [0.05, 0.1) is 5.56 Å². The Kier molecular flexibility index (Phi) is 5.62. The first-order valence-electron chi connectivity index (χ1n) is 5.74. The summed E-state index contributed by atoms with van der Waals surface area (Å²) >= 11 is 0. The highest BCUT2D eigenvalue weighted by Crippen LogP contribution is 2.25. The van der Waals surface area contributed by atoms with Gasteiger partial charge in [0.2, 0.25) is 5.82 Å². The molecule has 0 heterocycles. The van der Waals surface area contributed by atoms with E-state index in [0.29, 0.717) is 25.3 Å². The Morgan fingerprint density at radius 1 is 1.16 bits per heavy atom. The molecule has 0 spiro atoms. The fourth-order valence-corrected chi connectivity index (χ4v) is 1.47. The molecule has 19 heavy (non-hydrogen) atoms. The Hall–Kier alpha value is -1.76. The first-order valence-corrected chi connectivity index (χ1v) is 5.74. The maximum Gasteiger partial charge on any atom is 0.254 e. The third kappa shape index (κ3) is 3.85. The standard InChI is InChI=1S/C12H14F3NO3/c13-8-6-7(9(14)11(18)10(8)15)12(19)16-4-2-1-3-5-17/h6,17-18H,1-5H2,(H,16,19). The molecule has 1 rings (SSSR count). The van der Waals surface area contributed by atoms with Gasteiger partial charge in [-0.3, -0.25) is 4.79 Å². The van der Waals surface area contributed by atoms with Gasteiger partial charge in [0, 0.05) is 13.2 Å². The molecular weight excluding hydrogens is 263 g/mol. The van der Waals surface area contributed by atoms with Crippen molar-refractivity contribution in [1.82, 2.24) is 5.32 Å². The highest BCUT2D eigenvalue weighted by atomic mass is 19.2. The van der Waals surface area contributed by atoms with E-state index >= 15 is 0 Å². The summed E-state index contributed by atoms with van der Waals surface area (Å²) in [7, 11) is 0. The summed E-state index contributed by atoms with van der Waals surface area (Å²) in [5.74, 6) is -7.16. The SMILES string of the molecule is O=C(NCCCCCO)c1cc(F)c(F)c(O)c1F. The van der Waals surface area contributed by atoms with Crippen molar-refractivity contribution < 1.29 is 28.2 Å². The number of carbonyl (C=O) groups is 1. The van der Waals surface area contributed by atoms with E-state index in [2.05, 4.69) is 5.32 Å². The molecule has 0 aliphatic carbocycles. The van der Waals surface area contributed by atoms with Crippen LogP contribution in [0.4, 0.5) is 13.2 Å². The average molecular weight is 277 g/mol. The Morgan fingerprint density at radius 2 is 1.84 bits per heavy atom. The van der Waals surface area contributed by atoms with Gasteiger partial charge >= 0.3 is 0 Å². The number of hydrogen-bond acceptors (Lipinski definition) is 3. The van der Waals surface area contributed by atoms with Gasteiger partial charge in [-0.05, 0) is 25.3 Å². The maximum atomic E-state index is 13.4. The van der Waals surface area contributed by atoms with E-state index in [1.807, 2.05) is 0 Å². The second kappa shape index (κ2) is 6.98. The molecule has 106 valence electrons. The van der Waals surface area contributed by atoms with Crippen molar-refractivity contribution in [3.05, 3.63) is 29.1 Å². The van der Waals surface area contributed by atoms with Gasteiger partial charge < -0.3 is 15.5 Å². The molecule has 0 aliphatic rings. The number of benzene rings is 1. The summed E-state index contributed by atoms with van der Waals surface area (Å²) in [6, 6.07) is 0.396. The number of hydrogen-bond donors (Lipinski definition) is 3. The first-order chi connectivity index (χ1) is 8.99. The van der Waals surface area contributed by atoms with Crippen molar-refractivity contribution in [2.75, 3.05) is 13.2 Å². The summed E-state index contributed by atoms with van der Waals surface area (Å²) in [6.45, 7) is 0.248. The van der Waals surface area contributed by atoms with E-state index in [0.717, 1.165) is 0 Å². The van der Waals surface area contributed by atoms with Crippen LogP contribution in [0.2, 0.25) is 0 Å². The molecule has 0 saturated heterocycles. The van der Waals surface area contributed by atoms with Crippen LogP contribution in [0, 0.1) is 17.5 Å². The maximum absolute atomic E-state index is 13.4. The van der Waals surface area contributed by atoms with Crippen LogP contribution in [0.1, 0.15) is 29.6 Å². The number of aromatic hydroxyl groups is 1. The molecule has 1 aromatic rings. The fourth-order valence-electron chi connectivity index (χ4n) is 1.47. The zero-order chi connectivity index (χ0) is 14.4. The largest absolute Gasteiger partial charge is 0.503 e. The number of phenols is 1. The lowest BCUT2D eigenvalue weighted by Crippen LogP contribution is -2.25. The number of halogens is 3. The lowest BCUT2D eigenvalue weighted by molar-refractivity contribution is 0.0947. The molecule has 0 fully saturated rings. The van der Waals surface area contributed by atoms with Crippen molar-refractivity contribution in [1.29, 1.82) is 0 Å². The van der Waals surface area contributed by atoms with Crippen LogP contribution < -0.4 is 5.32 Å². The Labute approximate surface area is 107 Å². The molecule has 1 aromatic carbocycles. The Balaban J connectivity index is 2.67. The van der Waals surface area contributed by atoms with Gasteiger partial charge in [-0.2, -0.15) is 4.39 Å². The van der Waals surface area contributed by atoms with Crippen LogP contribution in [-0.4, -0.2) is 29.3 Å². The van der Waals surface area contributed by atoms with Gasteiger partial charge in [0.25, 0.3) is 5.91 Å². The van der Waals surface area contributed by atoms with Gasteiger partial charge in [-0.1, -0.05) is 0 Å². The van der Waals surface area contributed by atoms with E-state index in [9.17, 15) is 18.0 Å². The molecule has 0 atom stereocenters. The van der Waals surface area contributed by atoms with Crippen molar-refractivity contribution in [3.63, 3.8) is 0 Å². The lowest BCUT2D eigenvalue weighted by atomic mass is 10.1. The van der Waals surface area contributed by atoms with E-state index in [-0.39, 0.29) is 13.2 Å². The van der Waals surface area contributed by atoms with Crippen LogP contribution in [0.15, 0.2) is 6.07 Å². The lowest BCUT2D eigenvalue weighted by Gasteiger charge is -2.08. The van der Waals surface area contributed by atoms with Crippen LogP contribution in [0.3, 0.4) is 0 Å². The van der Waals surface area contributed by atoms with Crippen molar-refractivity contribution >= 4 is 5.91 Å². The van der Waals surface area contributed by atoms with Gasteiger partial charge in [0.15, 0.2) is 17.4 Å². The molecule has 1 amide bonds. The quantitative estimate of drug-likeness (QED) is 0.547. The predicted molar refractivity (Wildman–Crippen MR) is 61.3 cm³/mol. The molecular formula is C12H14F3NO3. The second-order valence-corrected chi connectivity index (χ2v) is 3.92. The molecule has 3 N–H and O–H groups in total. The average Bonchev–Trinajstić information content (AvgIpc) is 2.40. The van der Waals surface area contributed by atoms with E-state index in [1.54, 1.807) is 0 Å². The third-order valence-corrected chi connectivity index (χ3v) is 2.50. The Bertz CT molecular complexity index is 466. The van der Waals surface area contributed by atoms with Crippen LogP contribution in [-0.2, 0) is 0 Å². The molecule has 0 saturated carbocycles. The number of unbranched alkanes of at least 4 members (excludes halogenated alkanes) is 2. The molecule has 7 heteroatoms. The first kappa shape index (κ1) is 15.3. The summed E-state index contributed by atoms with van der Waals surface area (Å²) < 4.78 is 39.1. The number of rotatable bonds is 6. The van der Waals surface area contributed by atoms with Crippen molar-refractivity contribution in [3.8, 4) is 5.75 Å². The van der Waals surface area contributed by atoms with Crippen molar-refractivity contribution in [2.45, 2.75) is 19.3 Å². The summed E-state index contributed by atoms with van der Waals surface area (Å²) in [5.41, 5.74) is -0.751. The van der Waals surface area contributed by atoms with E-state index in [1.165, 1.54) is 0 Å². The van der Waals surface area contributed by atoms with Crippen molar-refractivity contribution in [2.24, 2.45) is 0 Å². The fraction of sp³-hybridized carbons (Fsp3) is 0.417. The molecule has 4 nitrogen and oxygen atoms in total. The minimum atomic E-state index is -1.73. The topological polar surface area (TPSA) is 69.6 Å². The zero-order valence-electron chi connectivity index (χ0n) is 10.0. The minimum absolute atomic E-state index is 0.0413. The van der Waals surface area contributed by atoms with Crippen LogP contribution in [0.5, 0.6) is 5.75 Å². The van der Waals surface area contributed by atoms with Gasteiger partial charge in [-0.25, -0.2) is 8.78 Å². The normalized spacial score (nSPS) is 10.5. The van der Waals surface area contributed by atoms with E-state index < -0.39 is 34.7 Å². The smallest absolute Gasteiger partial charge is 0.254 e. The summed E-state index contributed by atoms with van der Waals surface area (Å²) in [5, 5.41) is 19.8. The summed E-state index contributed by atoms with van der Waals surface area (Å²) in [4.78, 5) is 11.5. The van der Waals surface area contributed by atoms with Crippen LogP contribution in [0.25, 0.3) is 0 Å². The number of amides is 1. The molecule has 0 aromatic heterocycles. The highest BCUT2D eigenvalue weighted by molar-refractivity contribution is 5.94. The highest BCUT2D eigenvalue weighted by Gasteiger charge is 2.22. The minimum Gasteiger partial charge on any atom is -0.503 e. The Morgan fingerprint density at radius 3 is 2.47 bits per heavy atom. The molecule has 0 unspecified atom stereocenters. The second-order valence-electron chi connectivity index (χ2n) is 3.92. The number of aliphatic hydroxyl groups excluding tert-OH is 1. The number of aliphatic hydroxyl groups is 1. The zero-order valence-corrected chi connectivity index (χ0v) is 10.0. The van der Waals surface area contributed by atoms with Gasteiger partial charge in [-0.15, -0.1) is 0 Å². The molecule has 0 radical (unpaired) electrons. The predicted octanol–water partition coefficient (Wildman–Crippen LogP) is 1.70. The number of carbonyl (C=O) groups excluding carboxylic acids is 1. The van der Waals surface area contributed by atoms with E-state index in [4.69, 9.17) is 10.2 Å². The third-order valence-electron chi connectivity index (χ3n) is 2.50. The molecule has 0 bridgehead atoms. The van der Waals surface area contributed by atoms with Gasteiger partial charge in [0.1, 0.15) is 0 Å². The number of phenolic OH excluding ortho intramolecular Hbond substituents is 1. The monoisotopic (exact) mass is 277 g/mol. The van der Waals surface area contributed by atoms with Crippen LogP contribution >= 0.6 is 0 Å². The molecule has 0 aliphatic heterocycles.